The highest BCUT2D eigenvalue weighted by Gasteiger charge is 2.67. The molecule has 3 aliphatic rings. The van der Waals surface area contributed by atoms with E-state index >= 15 is 0 Å². The van der Waals surface area contributed by atoms with Crippen molar-refractivity contribution in [3.63, 3.8) is 0 Å². The molecule has 0 saturated carbocycles. The van der Waals surface area contributed by atoms with Crippen LogP contribution >= 0.6 is 0 Å². The summed E-state index contributed by atoms with van der Waals surface area (Å²) >= 11 is 0. The first kappa shape index (κ1) is 19.7. The number of carbonyl (C=O) groups is 2. The molecule has 9 heteroatoms. The Hall–Kier alpha value is -3.20. The van der Waals surface area contributed by atoms with Gasteiger partial charge in [-0.1, -0.05) is 24.3 Å². The van der Waals surface area contributed by atoms with E-state index in [4.69, 9.17) is 13.9 Å². The topological polar surface area (TPSA) is 98.0 Å². The zero-order chi connectivity index (χ0) is 21.8. The predicted molar refractivity (Wildman–Crippen MR) is 108 cm³/mol. The molecule has 0 radical (unpaired) electrons. The number of fused-ring (bicyclic) bond motifs is 1. The first-order chi connectivity index (χ1) is 14.9. The number of hydrogen-bond acceptors (Lipinski definition) is 7. The maximum absolute atomic E-state index is 13.4. The molecule has 0 N–H and O–H groups in total. The number of methoxy groups -OCH3 is 1. The van der Waals surface area contributed by atoms with Crippen molar-refractivity contribution in [2.24, 2.45) is 11.8 Å². The molecule has 4 heterocycles. The maximum atomic E-state index is 13.4. The minimum absolute atomic E-state index is 0.0601. The zero-order valence-electron chi connectivity index (χ0n) is 17.6. The quantitative estimate of drug-likeness (QED) is 0.645. The SMILES string of the molecule is COc1cccc(CN2C[C@]34C=C[C@H](O3)C(C(=O)N(C)Cc3nnc(C)o3)C4C2=O)c1. The van der Waals surface area contributed by atoms with Gasteiger partial charge in [0, 0.05) is 20.5 Å². The average molecular weight is 424 g/mol. The van der Waals surface area contributed by atoms with Gasteiger partial charge in [-0.15, -0.1) is 10.2 Å². The Kier molecular flexibility index (Phi) is 4.58. The summed E-state index contributed by atoms with van der Waals surface area (Å²) in [7, 11) is 3.29. The third-order valence-corrected chi connectivity index (χ3v) is 6.29. The smallest absolute Gasteiger partial charge is 0.235 e. The van der Waals surface area contributed by atoms with Crippen LogP contribution in [0.25, 0.3) is 0 Å². The molecule has 5 rings (SSSR count). The number of hydrogen-bond donors (Lipinski definition) is 0. The number of benzene rings is 1. The second-order valence-corrected chi connectivity index (χ2v) is 8.35. The molecule has 2 amide bonds. The van der Waals surface area contributed by atoms with E-state index in [0.29, 0.717) is 24.9 Å². The molecule has 1 aromatic carbocycles. The second-order valence-electron chi connectivity index (χ2n) is 8.35. The summed E-state index contributed by atoms with van der Waals surface area (Å²) in [4.78, 5) is 30.0. The Morgan fingerprint density at radius 1 is 1.39 bits per heavy atom. The predicted octanol–water partition coefficient (Wildman–Crippen LogP) is 1.33. The molecule has 1 aromatic heterocycles. The average Bonchev–Trinajstić information content (AvgIpc) is 3.50. The standard InChI is InChI=1S/C22H24N4O5/c1-13-23-24-17(30-13)11-25(2)20(27)18-16-7-8-22(31-16)12-26(21(28)19(18)22)10-14-5-4-6-15(9-14)29-3/h4-9,16,18-19H,10-12H2,1-3H3/t16-,18?,19?,22-/m0/s1. The molecular weight excluding hydrogens is 400 g/mol. The van der Waals surface area contributed by atoms with Crippen LogP contribution in [-0.2, 0) is 27.4 Å². The number of carbonyl (C=O) groups excluding carboxylic acids is 2. The Morgan fingerprint density at radius 2 is 2.23 bits per heavy atom. The molecular formula is C22H24N4O5. The van der Waals surface area contributed by atoms with E-state index in [-0.39, 0.29) is 18.4 Å². The van der Waals surface area contributed by atoms with Gasteiger partial charge in [0.2, 0.25) is 23.6 Å². The summed E-state index contributed by atoms with van der Waals surface area (Å²) in [6.45, 7) is 2.75. The van der Waals surface area contributed by atoms with Crippen LogP contribution in [0, 0.1) is 18.8 Å². The van der Waals surface area contributed by atoms with Crippen molar-refractivity contribution in [3.05, 3.63) is 53.8 Å². The van der Waals surface area contributed by atoms with Gasteiger partial charge in [-0.05, 0) is 17.7 Å². The van der Waals surface area contributed by atoms with E-state index in [0.717, 1.165) is 11.3 Å². The highest BCUT2D eigenvalue weighted by molar-refractivity contribution is 5.93. The van der Waals surface area contributed by atoms with Crippen molar-refractivity contribution in [1.82, 2.24) is 20.0 Å². The van der Waals surface area contributed by atoms with Gasteiger partial charge >= 0.3 is 0 Å². The molecule has 2 saturated heterocycles. The number of amides is 2. The molecule has 31 heavy (non-hydrogen) atoms. The van der Waals surface area contributed by atoms with Gasteiger partial charge in [-0.3, -0.25) is 9.59 Å². The van der Waals surface area contributed by atoms with Crippen LogP contribution in [0.5, 0.6) is 5.75 Å². The molecule has 162 valence electrons. The van der Waals surface area contributed by atoms with E-state index in [1.54, 1.807) is 26.0 Å². The lowest BCUT2D eigenvalue weighted by Crippen LogP contribution is -2.44. The Balaban J connectivity index is 1.35. The summed E-state index contributed by atoms with van der Waals surface area (Å²) in [5.74, 6) is 0.226. The van der Waals surface area contributed by atoms with Crippen LogP contribution < -0.4 is 4.74 Å². The van der Waals surface area contributed by atoms with Crippen LogP contribution in [-0.4, -0.2) is 64.2 Å². The lowest BCUT2D eigenvalue weighted by atomic mass is 9.76. The molecule has 2 fully saturated rings. The van der Waals surface area contributed by atoms with Crippen molar-refractivity contribution in [3.8, 4) is 5.75 Å². The van der Waals surface area contributed by atoms with Crippen LogP contribution in [0.3, 0.4) is 0 Å². The lowest BCUT2D eigenvalue weighted by molar-refractivity contribution is -0.143. The highest BCUT2D eigenvalue weighted by atomic mass is 16.5. The fourth-order valence-electron chi connectivity index (χ4n) is 4.92. The fraction of sp³-hybridized carbons (Fsp3) is 0.455. The number of likely N-dealkylation sites (tertiary alicyclic amines) is 1. The molecule has 9 nitrogen and oxygen atoms in total. The monoisotopic (exact) mass is 424 g/mol. The summed E-state index contributed by atoms with van der Waals surface area (Å²) < 4.78 is 16.9. The van der Waals surface area contributed by atoms with Crippen molar-refractivity contribution < 1.29 is 23.5 Å². The minimum Gasteiger partial charge on any atom is -0.497 e. The lowest BCUT2D eigenvalue weighted by Gasteiger charge is -2.27. The number of aromatic nitrogens is 2. The molecule has 1 spiro atoms. The van der Waals surface area contributed by atoms with Crippen LogP contribution in [0.4, 0.5) is 0 Å². The number of rotatable bonds is 6. The van der Waals surface area contributed by atoms with Gasteiger partial charge < -0.3 is 23.7 Å². The first-order valence-electron chi connectivity index (χ1n) is 10.2. The summed E-state index contributed by atoms with van der Waals surface area (Å²) in [5, 5.41) is 7.76. The van der Waals surface area contributed by atoms with Gasteiger partial charge in [0.15, 0.2) is 0 Å². The number of ether oxygens (including phenoxy) is 2. The second kappa shape index (κ2) is 7.19. The molecule has 2 bridgehead atoms. The van der Waals surface area contributed by atoms with E-state index in [9.17, 15) is 9.59 Å². The fourth-order valence-corrected chi connectivity index (χ4v) is 4.92. The Bertz CT molecular complexity index is 1070. The minimum atomic E-state index is -0.747. The zero-order valence-corrected chi connectivity index (χ0v) is 17.6. The van der Waals surface area contributed by atoms with Gasteiger partial charge in [-0.25, -0.2) is 0 Å². The summed E-state index contributed by atoms with van der Waals surface area (Å²) in [5.41, 5.74) is 0.220. The third-order valence-electron chi connectivity index (χ3n) is 6.29. The van der Waals surface area contributed by atoms with E-state index in [1.165, 1.54) is 4.90 Å². The maximum Gasteiger partial charge on any atom is 0.235 e. The largest absolute Gasteiger partial charge is 0.497 e. The third kappa shape index (κ3) is 3.20. The first-order valence-corrected chi connectivity index (χ1v) is 10.2. The van der Waals surface area contributed by atoms with Gasteiger partial charge in [-0.2, -0.15) is 0 Å². The summed E-state index contributed by atoms with van der Waals surface area (Å²) in [6.07, 6.45) is 3.47. The van der Waals surface area contributed by atoms with Crippen LogP contribution in [0.2, 0.25) is 0 Å². The normalized spacial score (nSPS) is 28.3. The van der Waals surface area contributed by atoms with Gasteiger partial charge in [0.25, 0.3) is 0 Å². The van der Waals surface area contributed by atoms with Crippen LogP contribution in [0.1, 0.15) is 17.3 Å². The van der Waals surface area contributed by atoms with Crippen molar-refractivity contribution in [2.75, 3.05) is 20.7 Å². The Labute approximate surface area is 179 Å². The van der Waals surface area contributed by atoms with Gasteiger partial charge in [0.1, 0.15) is 11.4 Å². The molecule has 3 aliphatic heterocycles. The van der Waals surface area contributed by atoms with Crippen molar-refractivity contribution in [2.45, 2.75) is 31.7 Å². The Morgan fingerprint density at radius 3 is 2.97 bits per heavy atom. The molecule has 4 atom stereocenters. The molecule has 0 aliphatic carbocycles. The number of nitrogens with zero attached hydrogens (tertiary/aromatic N) is 4. The van der Waals surface area contributed by atoms with Crippen LogP contribution in [0.15, 0.2) is 40.8 Å². The van der Waals surface area contributed by atoms with E-state index < -0.39 is 23.5 Å². The van der Waals surface area contributed by atoms with E-state index in [2.05, 4.69) is 10.2 Å². The highest BCUT2D eigenvalue weighted by Crippen LogP contribution is 2.52. The van der Waals surface area contributed by atoms with Crippen molar-refractivity contribution >= 4 is 11.8 Å². The van der Waals surface area contributed by atoms with Crippen molar-refractivity contribution in [1.29, 1.82) is 0 Å². The molecule has 2 aromatic rings. The van der Waals surface area contributed by atoms with Gasteiger partial charge in [0.05, 0.1) is 38.1 Å². The van der Waals surface area contributed by atoms with E-state index in [1.807, 2.05) is 36.4 Å². The number of aryl methyl sites for hydroxylation is 1. The molecule has 2 unspecified atom stereocenters. The summed E-state index contributed by atoms with van der Waals surface area (Å²) in [6, 6.07) is 7.64.